The van der Waals surface area contributed by atoms with Gasteiger partial charge in [-0.1, -0.05) is 35.9 Å². The van der Waals surface area contributed by atoms with Gasteiger partial charge >= 0.3 is 0 Å². The molecule has 0 spiro atoms. The molecule has 0 saturated heterocycles. The fourth-order valence-electron chi connectivity index (χ4n) is 1.82. The first-order chi connectivity index (χ1) is 10.5. The number of halogens is 1. The van der Waals surface area contributed by atoms with Crippen molar-refractivity contribution in [3.8, 4) is 0 Å². The summed E-state index contributed by atoms with van der Waals surface area (Å²) in [5.74, 6) is -0.798. The van der Waals surface area contributed by atoms with Crippen LogP contribution in [0.5, 0.6) is 0 Å². The lowest BCUT2D eigenvalue weighted by atomic mass is 10.1. The first kappa shape index (κ1) is 16.0. The smallest absolute Gasteiger partial charge is 0.259 e. The average Bonchev–Trinajstić information content (AvgIpc) is 2.48. The third-order valence-corrected chi connectivity index (χ3v) is 3.26. The Balaban J connectivity index is 2.29. The van der Waals surface area contributed by atoms with Gasteiger partial charge in [0.15, 0.2) is 0 Å². The molecule has 0 aliphatic carbocycles. The van der Waals surface area contributed by atoms with Crippen LogP contribution in [0.1, 0.15) is 17.3 Å². The molecule has 6 heteroatoms. The van der Waals surface area contributed by atoms with E-state index in [1.54, 1.807) is 49.4 Å². The molecule has 0 bridgehead atoms. The summed E-state index contributed by atoms with van der Waals surface area (Å²) in [4.78, 5) is 24.2. The molecule has 4 N–H and O–H groups in total. The van der Waals surface area contributed by atoms with E-state index in [2.05, 4.69) is 10.6 Å². The van der Waals surface area contributed by atoms with Gasteiger partial charge in [-0.15, -0.1) is 0 Å². The van der Waals surface area contributed by atoms with Crippen molar-refractivity contribution in [1.82, 2.24) is 0 Å². The molecular formula is C16H16ClN3O2. The monoisotopic (exact) mass is 317 g/mol. The quantitative estimate of drug-likeness (QED) is 0.810. The van der Waals surface area contributed by atoms with Crippen molar-refractivity contribution >= 4 is 34.8 Å². The number of nitrogens with two attached hydrogens (primary N) is 1. The van der Waals surface area contributed by atoms with Crippen LogP contribution >= 0.6 is 11.6 Å². The number of para-hydroxylation sites is 1. The van der Waals surface area contributed by atoms with Crippen LogP contribution in [0.15, 0.2) is 48.5 Å². The summed E-state index contributed by atoms with van der Waals surface area (Å²) in [5, 5.41) is 5.59. The highest BCUT2D eigenvalue weighted by atomic mass is 35.5. The van der Waals surface area contributed by atoms with Gasteiger partial charge in [0.1, 0.15) is 0 Å². The van der Waals surface area contributed by atoms with Crippen LogP contribution in [0.2, 0.25) is 5.02 Å². The fraction of sp³-hybridized carbons (Fsp3) is 0.125. The Morgan fingerprint density at radius 1 is 1.05 bits per heavy atom. The zero-order valence-corrected chi connectivity index (χ0v) is 12.7. The molecule has 0 unspecified atom stereocenters. The minimum atomic E-state index is -0.691. The van der Waals surface area contributed by atoms with E-state index in [-0.39, 0.29) is 10.6 Å². The summed E-state index contributed by atoms with van der Waals surface area (Å²) in [5.41, 5.74) is 6.68. The summed E-state index contributed by atoms with van der Waals surface area (Å²) in [7, 11) is 0. The predicted octanol–water partition coefficient (Wildman–Crippen LogP) is 2.88. The Morgan fingerprint density at radius 2 is 1.73 bits per heavy atom. The van der Waals surface area contributed by atoms with Crippen molar-refractivity contribution < 1.29 is 9.59 Å². The van der Waals surface area contributed by atoms with Gasteiger partial charge in [0, 0.05) is 5.69 Å². The number of carbonyl (C=O) groups excluding carboxylic acids is 2. The summed E-state index contributed by atoms with van der Waals surface area (Å²) in [6, 6.07) is 13.1. The molecule has 2 rings (SSSR count). The van der Waals surface area contributed by atoms with E-state index in [9.17, 15) is 9.59 Å². The lowest BCUT2D eigenvalue weighted by Gasteiger charge is -2.14. The number of hydrogen-bond acceptors (Lipinski definition) is 3. The van der Waals surface area contributed by atoms with E-state index in [0.717, 1.165) is 0 Å². The second-order valence-electron chi connectivity index (χ2n) is 4.76. The summed E-state index contributed by atoms with van der Waals surface area (Å²) in [6.45, 7) is 1.56. The maximum Gasteiger partial charge on any atom is 0.259 e. The van der Waals surface area contributed by atoms with Gasteiger partial charge in [0.05, 0.1) is 22.3 Å². The van der Waals surface area contributed by atoms with E-state index in [0.29, 0.717) is 11.4 Å². The number of nitrogens with one attached hydrogen (secondary N) is 2. The van der Waals surface area contributed by atoms with Crippen molar-refractivity contribution in [2.45, 2.75) is 13.0 Å². The summed E-state index contributed by atoms with van der Waals surface area (Å²) < 4.78 is 0. The minimum Gasteiger partial charge on any atom is -0.324 e. The van der Waals surface area contributed by atoms with Crippen LogP contribution in [-0.4, -0.2) is 17.9 Å². The second-order valence-corrected chi connectivity index (χ2v) is 5.17. The molecular weight excluding hydrogens is 302 g/mol. The highest BCUT2D eigenvalue weighted by Gasteiger charge is 2.18. The Morgan fingerprint density at radius 3 is 2.36 bits per heavy atom. The number of rotatable bonds is 4. The van der Waals surface area contributed by atoms with Crippen molar-refractivity contribution in [3.63, 3.8) is 0 Å². The molecule has 114 valence electrons. The lowest BCUT2D eigenvalue weighted by Crippen LogP contribution is -2.33. The van der Waals surface area contributed by atoms with Crippen LogP contribution < -0.4 is 16.4 Å². The number of amides is 2. The summed E-state index contributed by atoms with van der Waals surface area (Å²) in [6.07, 6.45) is 0. The van der Waals surface area contributed by atoms with Crippen LogP contribution in [0, 0.1) is 0 Å². The topological polar surface area (TPSA) is 84.2 Å². The normalized spacial score (nSPS) is 11.6. The van der Waals surface area contributed by atoms with Crippen LogP contribution in [0.4, 0.5) is 11.4 Å². The lowest BCUT2D eigenvalue weighted by molar-refractivity contribution is -0.117. The van der Waals surface area contributed by atoms with Crippen LogP contribution in [-0.2, 0) is 4.79 Å². The maximum atomic E-state index is 12.4. The minimum absolute atomic E-state index is 0.196. The molecule has 22 heavy (non-hydrogen) atoms. The van der Waals surface area contributed by atoms with Gasteiger partial charge in [-0.25, -0.2) is 0 Å². The first-order valence-electron chi connectivity index (χ1n) is 6.70. The van der Waals surface area contributed by atoms with Gasteiger partial charge < -0.3 is 16.4 Å². The molecule has 0 radical (unpaired) electrons. The standard InChI is InChI=1S/C16H16ClN3O2/c1-10(18)15(21)20-13-9-5-8-12(17)14(13)16(22)19-11-6-3-2-4-7-11/h2-10H,18H2,1H3,(H,19,22)(H,20,21)/t10-/m0/s1. The second kappa shape index (κ2) is 7.06. The largest absolute Gasteiger partial charge is 0.324 e. The molecule has 5 nitrogen and oxygen atoms in total. The molecule has 2 aromatic carbocycles. The van der Waals surface area contributed by atoms with E-state index in [1.807, 2.05) is 6.07 Å². The third-order valence-electron chi connectivity index (χ3n) is 2.94. The maximum absolute atomic E-state index is 12.4. The van der Waals surface area contributed by atoms with E-state index >= 15 is 0 Å². The van der Waals surface area contributed by atoms with Gasteiger partial charge in [0.25, 0.3) is 5.91 Å². The SMILES string of the molecule is C[C@H](N)C(=O)Nc1cccc(Cl)c1C(=O)Nc1ccccc1. The number of carbonyl (C=O) groups is 2. The van der Waals surface area contributed by atoms with Crippen LogP contribution in [0.25, 0.3) is 0 Å². The highest BCUT2D eigenvalue weighted by molar-refractivity contribution is 6.35. The Hall–Kier alpha value is -2.37. The highest BCUT2D eigenvalue weighted by Crippen LogP contribution is 2.25. The van der Waals surface area contributed by atoms with Crippen molar-refractivity contribution in [1.29, 1.82) is 0 Å². The molecule has 2 aromatic rings. The molecule has 0 aliphatic heterocycles. The van der Waals surface area contributed by atoms with Gasteiger partial charge in [-0.05, 0) is 31.2 Å². The molecule has 0 saturated carbocycles. The molecule has 0 fully saturated rings. The van der Waals surface area contributed by atoms with Gasteiger partial charge in [-0.2, -0.15) is 0 Å². The van der Waals surface area contributed by atoms with Crippen molar-refractivity contribution in [2.24, 2.45) is 5.73 Å². The molecule has 0 aliphatic rings. The number of benzene rings is 2. The first-order valence-corrected chi connectivity index (χ1v) is 7.08. The predicted molar refractivity (Wildman–Crippen MR) is 88.1 cm³/mol. The molecule has 0 heterocycles. The van der Waals surface area contributed by atoms with E-state index in [4.69, 9.17) is 17.3 Å². The zero-order chi connectivity index (χ0) is 16.1. The third kappa shape index (κ3) is 3.84. The average molecular weight is 318 g/mol. The van der Waals surface area contributed by atoms with E-state index < -0.39 is 17.9 Å². The zero-order valence-electron chi connectivity index (χ0n) is 12.0. The van der Waals surface area contributed by atoms with E-state index in [1.165, 1.54) is 0 Å². The Labute approximate surface area is 133 Å². The van der Waals surface area contributed by atoms with Gasteiger partial charge in [0.2, 0.25) is 5.91 Å². The van der Waals surface area contributed by atoms with Crippen molar-refractivity contribution in [2.75, 3.05) is 10.6 Å². The molecule has 2 amide bonds. The Bertz CT molecular complexity index is 687. The number of hydrogen-bond donors (Lipinski definition) is 3. The molecule has 0 aromatic heterocycles. The number of anilines is 2. The Kier molecular flexibility index (Phi) is 5.14. The molecule has 1 atom stereocenters. The fourth-order valence-corrected chi connectivity index (χ4v) is 2.08. The van der Waals surface area contributed by atoms with Gasteiger partial charge in [-0.3, -0.25) is 9.59 Å². The summed E-state index contributed by atoms with van der Waals surface area (Å²) >= 11 is 6.11. The van der Waals surface area contributed by atoms with Crippen molar-refractivity contribution in [3.05, 3.63) is 59.1 Å². The van der Waals surface area contributed by atoms with Crippen LogP contribution in [0.3, 0.4) is 0 Å².